The van der Waals surface area contributed by atoms with Crippen LogP contribution in [0, 0.1) is 0 Å². The molecule has 0 atom stereocenters. The number of aromatic hydroxyl groups is 1. The van der Waals surface area contributed by atoms with E-state index in [0.717, 1.165) is 38.0 Å². The molecule has 0 fully saturated rings. The predicted molar refractivity (Wildman–Crippen MR) is 126 cm³/mol. The Hall–Kier alpha value is -1.51. The van der Waals surface area contributed by atoms with Crippen molar-refractivity contribution in [1.82, 2.24) is 15.5 Å². The van der Waals surface area contributed by atoms with Crippen molar-refractivity contribution in [1.29, 1.82) is 0 Å². The zero-order valence-electron chi connectivity index (χ0n) is 17.4. The molecule has 0 aliphatic heterocycles. The average molecular weight is 502 g/mol. The number of hydrogen-bond acceptors (Lipinski definition) is 3. The highest BCUT2D eigenvalue weighted by molar-refractivity contribution is 14.0. The maximum atomic E-state index is 12.1. The molecule has 1 aromatic rings. The summed E-state index contributed by atoms with van der Waals surface area (Å²) in [5.41, 5.74) is 3.54. The van der Waals surface area contributed by atoms with Gasteiger partial charge in [0.2, 0.25) is 5.91 Å². The third kappa shape index (κ3) is 6.83. The van der Waals surface area contributed by atoms with Gasteiger partial charge in [0.25, 0.3) is 0 Å². The Balaban J connectivity index is 0.00000392. The molecule has 0 saturated carbocycles. The van der Waals surface area contributed by atoms with E-state index in [2.05, 4.69) is 15.6 Å². The Morgan fingerprint density at radius 2 is 1.86 bits per heavy atom. The van der Waals surface area contributed by atoms with Crippen molar-refractivity contribution in [3.63, 3.8) is 0 Å². The lowest BCUT2D eigenvalue weighted by atomic mass is 9.88. The Morgan fingerprint density at radius 1 is 1.14 bits per heavy atom. The van der Waals surface area contributed by atoms with E-state index in [1.54, 1.807) is 6.07 Å². The molecule has 0 heterocycles. The van der Waals surface area contributed by atoms with Crippen molar-refractivity contribution in [2.45, 2.75) is 59.4 Å². The van der Waals surface area contributed by atoms with Crippen LogP contribution in [0.1, 0.15) is 56.7 Å². The molecule has 0 saturated heterocycles. The molecule has 28 heavy (non-hydrogen) atoms. The Labute approximate surface area is 186 Å². The summed E-state index contributed by atoms with van der Waals surface area (Å²) in [6.45, 7) is 9.20. The molecule has 1 aliphatic rings. The lowest BCUT2D eigenvalue weighted by Crippen LogP contribution is -2.40. The zero-order valence-corrected chi connectivity index (χ0v) is 19.7. The van der Waals surface area contributed by atoms with Crippen LogP contribution in [0.4, 0.5) is 0 Å². The van der Waals surface area contributed by atoms with Crippen molar-refractivity contribution < 1.29 is 9.90 Å². The summed E-state index contributed by atoms with van der Waals surface area (Å²) in [6.07, 6.45) is 4.91. The highest BCUT2D eigenvalue weighted by Crippen LogP contribution is 2.30. The number of aryl methyl sites for hydroxylation is 1. The fourth-order valence-electron chi connectivity index (χ4n) is 3.59. The quantitative estimate of drug-likeness (QED) is 0.290. The molecule has 0 spiro atoms. The maximum Gasteiger partial charge on any atom is 0.224 e. The van der Waals surface area contributed by atoms with Crippen molar-refractivity contribution in [2.75, 3.05) is 26.2 Å². The summed E-state index contributed by atoms with van der Waals surface area (Å²) in [6, 6.07) is 3.83. The number of amides is 1. The fourth-order valence-corrected chi connectivity index (χ4v) is 3.59. The maximum absolute atomic E-state index is 12.1. The van der Waals surface area contributed by atoms with E-state index in [4.69, 9.17) is 0 Å². The van der Waals surface area contributed by atoms with Gasteiger partial charge in [-0.05, 0) is 63.6 Å². The van der Waals surface area contributed by atoms with Gasteiger partial charge in [0.05, 0.1) is 6.54 Å². The summed E-state index contributed by atoms with van der Waals surface area (Å²) >= 11 is 0. The summed E-state index contributed by atoms with van der Waals surface area (Å²) in [5, 5.41) is 16.8. The van der Waals surface area contributed by atoms with E-state index in [-0.39, 0.29) is 29.9 Å². The highest BCUT2D eigenvalue weighted by Gasteiger charge is 2.16. The lowest BCUT2D eigenvalue weighted by Gasteiger charge is -2.20. The van der Waals surface area contributed by atoms with Crippen molar-refractivity contribution in [2.24, 2.45) is 4.99 Å². The molecule has 7 heteroatoms. The van der Waals surface area contributed by atoms with Crippen LogP contribution < -0.4 is 10.6 Å². The van der Waals surface area contributed by atoms with E-state index in [9.17, 15) is 9.90 Å². The SMILES string of the molecule is CCNC(=NCc1c(O)ccc2c1CCCC2)NCCC(=O)N(CC)CC.I. The van der Waals surface area contributed by atoms with Crippen LogP contribution in [0.15, 0.2) is 17.1 Å². The summed E-state index contributed by atoms with van der Waals surface area (Å²) in [7, 11) is 0. The standard InChI is InChI=1S/C21H34N4O2.HI/c1-4-22-21(23-14-13-20(27)25(5-2)6-3)24-15-18-17-10-8-7-9-16(17)11-12-19(18)26;/h11-12,26H,4-10,13-15H2,1-3H3,(H2,22,23,24);1H. The van der Waals surface area contributed by atoms with Crippen molar-refractivity contribution in [3.05, 3.63) is 28.8 Å². The Morgan fingerprint density at radius 3 is 2.54 bits per heavy atom. The second kappa shape index (κ2) is 12.9. The number of phenolic OH excluding ortho intramolecular Hbond substituents is 1. The third-order valence-electron chi connectivity index (χ3n) is 5.11. The van der Waals surface area contributed by atoms with Crippen LogP contribution in [-0.2, 0) is 24.2 Å². The molecule has 1 amide bonds. The summed E-state index contributed by atoms with van der Waals surface area (Å²) in [4.78, 5) is 18.6. The largest absolute Gasteiger partial charge is 0.508 e. The number of phenols is 1. The molecule has 0 radical (unpaired) electrons. The number of nitrogens with one attached hydrogen (secondary N) is 2. The number of guanidine groups is 1. The van der Waals surface area contributed by atoms with E-state index in [0.29, 0.717) is 31.2 Å². The van der Waals surface area contributed by atoms with Gasteiger partial charge in [-0.2, -0.15) is 0 Å². The molecule has 1 aliphatic carbocycles. The zero-order chi connectivity index (χ0) is 19.6. The number of carbonyl (C=O) groups excluding carboxylic acids is 1. The van der Waals surface area contributed by atoms with Gasteiger partial charge in [-0.3, -0.25) is 4.79 Å². The van der Waals surface area contributed by atoms with Crippen LogP contribution in [0.25, 0.3) is 0 Å². The summed E-state index contributed by atoms with van der Waals surface area (Å²) < 4.78 is 0. The van der Waals surface area contributed by atoms with Crippen LogP contribution >= 0.6 is 24.0 Å². The van der Waals surface area contributed by atoms with Crippen molar-refractivity contribution in [3.8, 4) is 5.75 Å². The minimum absolute atomic E-state index is 0. The first-order chi connectivity index (χ1) is 13.1. The Bertz CT molecular complexity index is 660. The normalized spacial score (nSPS) is 13.3. The molecular weight excluding hydrogens is 467 g/mol. The number of benzene rings is 1. The predicted octanol–water partition coefficient (Wildman–Crippen LogP) is 3.20. The van der Waals surface area contributed by atoms with Gasteiger partial charge in [-0.15, -0.1) is 24.0 Å². The minimum Gasteiger partial charge on any atom is -0.508 e. The van der Waals surface area contributed by atoms with E-state index >= 15 is 0 Å². The van der Waals surface area contributed by atoms with Crippen LogP contribution in [-0.4, -0.2) is 48.1 Å². The van der Waals surface area contributed by atoms with Gasteiger partial charge in [0.15, 0.2) is 5.96 Å². The fraction of sp³-hybridized carbons (Fsp3) is 0.619. The number of rotatable bonds is 8. The molecule has 1 aromatic carbocycles. The number of aliphatic imine (C=N–C) groups is 1. The number of halogens is 1. The second-order valence-electron chi connectivity index (χ2n) is 6.85. The van der Waals surface area contributed by atoms with Gasteiger partial charge >= 0.3 is 0 Å². The number of carbonyl (C=O) groups is 1. The second-order valence-corrected chi connectivity index (χ2v) is 6.85. The van der Waals surface area contributed by atoms with Gasteiger partial charge in [0, 0.05) is 38.2 Å². The number of fused-ring (bicyclic) bond motifs is 1. The van der Waals surface area contributed by atoms with E-state index in [1.807, 2.05) is 31.7 Å². The molecule has 0 bridgehead atoms. The first-order valence-electron chi connectivity index (χ1n) is 10.2. The highest BCUT2D eigenvalue weighted by atomic mass is 127. The van der Waals surface area contributed by atoms with Crippen molar-refractivity contribution >= 4 is 35.8 Å². The minimum atomic E-state index is 0. The Kier molecular flexibility index (Phi) is 11.3. The van der Waals surface area contributed by atoms with Crippen LogP contribution in [0.3, 0.4) is 0 Å². The summed E-state index contributed by atoms with van der Waals surface area (Å²) in [5.74, 6) is 1.16. The van der Waals surface area contributed by atoms with E-state index < -0.39 is 0 Å². The average Bonchev–Trinajstić information content (AvgIpc) is 2.68. The molecule has 158 valence electrons. The van der Waals surface area contributed by atoms with Gasteiger partial charge in [-0.25, -0.2) is 4.99 Å². The van der Waals surface area contributed by atoms with Gasteiger partial charge < -0.3 is 20.6 Å². The van der Waals surface area contributed by atoms with Gasteiger partial charge in [-0.1, -0.05) is 6.07 Å². The lowest BCUT2D eigenvalue weighted by molar-refractivity contribution is -0.130. The molecule has 3 N–H and O–H groups in total. The number of hydrogen-bond donors (Lipinski definition) is 3. The molecular formula is C21H35IN4O2. The molecule has 2 rings (SSSR count). The monoisotopic (exact) mass is 502 g/mol. The smallest absolute Gasteiger partial charge is 0.224 e. The topological polar surface area (TPSA) is 77.0 Å². The number of nitrogens with zero attached hydrogens (tertiary/aromatic N) is 2. The molecule has 0 aromatic heterocycles. The third-order valence-corrected chi connectivity index (χ3v) is 5.11. The first kappa shape index (κ1) is 24.5. The van der Waals surface area contributed by atoms with Gasteiger partial charge in [0.1, 0.15) is 5.75 Å². The molecule has 6 nitrogen and oxygen atoms in total. The first-order valence-corrected chi connectivity index (χ1v) is 10.2. The van der Waals surface area contributed by atoms with Crippen LogP contribution in [0.5, 0.6) is 5.75 Å². The van der Waals surface area contributed by atoms with E-state index in [1.165, 1.54) is 24.0 Å². The van der Waals surface area contributed by atoms with Crippen LogP contribution in [0.2, 0.25) is 0 Å². The molecule has 0 unspecified atom stereocenters.